The molecule has 0 spiro atoms. The maximum Gasteiger partial charge on any atom is 0.0130 e. The van der Waals surface area contributed by atoms with Crippen molar-refractivity contribution in [2.24, 2.45) is 0 Å². The van der Waals surface area contributed by atoms with E-state index < -0.39 is 0 Å². The molecule has 0 heterocycles. The van der Waals surface area contributed by atoms with Crippen molar-refractivity contribution in [1.29, 1.82) is 0 Å². The van der Waals surface area contributed by atoms with Crippen LogP contribution in [0.4, 0.5) is 0 Å². The van der Waals surface area contributed by atoms with Gasteiger partial charge in [-0.15, -0.1) is 0 Å². The van der Waals surface area contributed by atoms with Gasteiger partial charge in [-0.25, -0.2) is 0 Å². The van der Waals surface area contributed by atoms with E-state index >= 15 is 0 Å². The number of halogens is 1. The second-order valence-corrected chi connectivity index (χ2v) is 3.96. The van der Waals surface area contributed by atoms with Crippen LogP contribution in [0.1, 0.15) is 18.9 Å². The SMILES string of the molecule is CCC=CCc1ccc(I)cc1. The quantitative estimate of drug-likeness (QED) is 0.580. The fraction of sp³-hybridized carbons (Fsp3) is 0.273. The summed E-state index contributed by atoms with van der Waals surface area (Å²) in [6.45, 7) is 2.16. The average molecular weight is 272 g/mol. The summed E-state index contributed by atoms with van der Waals surface area (Å²) in [7, 11) is 0. The van der Waals surface area contributed by atoms with Gasteiger partial charge < -0.3 is 0 Å². The van der Waals surface area contributed by atoms with Gasteiger partial charge in [-0.05, 0) is 53.1 Å². The fourth-order valence-electron chi connectivity index (χ4n) is 1.01. The van der Waals surface area contributed by atoms with E-state index in [0.29, 0.717) is 0 Å². The largest absolute Gasteiger partial charge is 0.0885 e. The van der Waals surface area contributed by atoms with E-state index in [0.717, 1.165) is 12.8 Å². The molecule has 64 valence electrons. The first-order valence-electron chi connectivity index (χ1n) is 4.22. The molecule has 1 aromatic carbocycles. The minimum Gasteiger partial charge on any atom is -0.0885 e. The first-order valence-corrected chi connectivity index (χ1v) is 5.30. The van der Waals surface area contributed by atoms with Crippen molar-refractivity contribution in [2.45, 2.75) is 19.8 Å². The van der Waals surface area contributed by atoms with Crippen molar-refractivity contribution in [3.05, 3.63) is 45.6 Å². The third-order valence-corrected chi connectivity index (χ3v) is 2.39. The van der Waals surface area contributed by atoms with E-state index in [4.69, 9.17) is 0 Å². The minimum absolute atomic E-state index is 1.06. The summed E-state index contributed by atoms with van der Waals surface area (Å²) in [6.07, 6.45) is 6.62. The third-order valence-electron chi connectivity index (χ3n) is 1.67. The zero-order valence-electron chi connectivity index (χ0n) is 7.26. The number of allylic oxidation sites excluding steroid dienone is 2. The highest BCUT2D eigenvalue weighted by Crippen LogP contribution is 2.07. The van der Waals surface area contributed by atoms with Crippen LogP contribution in [0.2, 0.25) is 0 Å². The molecule has 0 bridgehead atoms. The fourth-order valence-corrected chi connectivity index (χ4v) is 1.37. The third kappa shape index (κ3) is 3.39. The predicted molar refractivity (Wildman–Crippen MR) is 62.3 cm³/mol. The molecular formula is C11H13I. The summed E-state index contributed by atoms with van der Waals surface area (Å²) in [4.78, 5) is 0. The molecule has 0 saturated carbocycles. The smallest absolute Gasteiger partial charge is 0.0130 e. The van der Waals surface area contributed by atoms with E-state index in [9.17, 15) is 0 Å². The van der Waals surface area contributed by atoms with Crippen molar-refractivity contribution in [3.63, 3.8) is 0 Å². The van der Waals surface area contributed by atoms with Gasteiger partial charge >= 0.3 is 0 Å². The highest BCUT2D eigenvalue weighted by Gasteiger charge is 1.88. The summed E-state index contributed by atoms with van der Waals surface area (Å²) >= 11 is 2.32. The lowest BCUT2D eigenvalue weighted by atomic mass is 10.1. The Kier molecular flexibility index (Phi) is 4.36. The summed E-state index contributed by atoms with van der Waals surface area (Å²) in [6, 6.07) is 8.66. The summed E-state index contributed by atoms with van der Waals surface area (Å²) in [5.41, 5.74) is 1.39. The van der Waals surface area contributed by atoms with Crippen LogP contribution in [0.25, 0.3) is 0 Å². The summed E-state index contributed by atoms with van der Waals surface area (Å²) in [5.74, 6) is 0. The number of benzene rings is 1. The Morgan fingerprint density at radius 3 is 2.42 bits per heavy atom. The van der Waals surface area contributed by atoms with Crippen LogP contribution in [0.15, 0.2) is 36.4 Å². The van der Waals surface area contributed by atoms with Crippen molar-refractivity contribution in [2.75, 3.05) is 0 Å². The molecule has 0 atom stereocenters. The molecule has 0 nitrogen and oxygen atoms in total. The van der Waals surface area contributed by atoms with E-state index in [1.165, 1.54) is 9.13 Å². The van der Waals surface area contributed by atoms with E-state index in [-0.39, 0.29) is 0 Å². The lowest BCUT2D eigenvalue weighted by Crippen LogP contribution is -1.80. The van der Waals surface area contributed by atoms with Crippen molar-refractivity contribution in [1.82, 2.24) is 0 Å². The topological polar surface area (TPSA) is 0 Å². The minimum atomic E-state index is 1.06. The molecule has 0 saturated heterocycles. The van der Waals surface area contributed by atoms with Gasteiger partial charge in [0.15, 0.2) is 0 Å². The molecule has 0 amide bonds. The highest BCUT2D eigenvalue weighted by molar-refractivity contribution is 14.1. The van der Waals surface area contributed by atoms with Crippen LogP contribution >= 0.6 is 22.6 Å². The average Bonchev–Trinajstić information content (AvgIpc) is 2.09. The molecule has 0 aliphatic heterocycles. The van der Waals surface area contributed by atoms with Gasteiger partial charge in [0.1, 0.15) is 0 Å². The van der Waals surface area contributed by atoms with E-state index in [2.05, 4.69) is 65.9 Å². The van der Waals surface area contributed by atoms with Gasteiger partial charge in [0.2, 0.25) is 0 Å². The van der Waals surface area contributed by atoms with Crippen LogP contribution in [-0.4, -0.2) is 0 Å². The van der Waals surface area contributed by atoms with Crippen LogP contribution in [0.5, 0.6) is 0 Å². The Labute approximate surface area is 87.8 Å². The zero-order chi connectivity index (χ0) is 8.81. The standard InChI is InChI=1S/C11H13I/c1-2-3-4-5-10-6-8-11(12)9-7-10/h3-4,6-9H,2,5H2,1H3. The molecule has 0 radical (unpaired) electrons. The van der Waals surface area contributed by atoms with Crippen LogP contribution in [0.3, 0.4) is 0 Å². The van der Waals surface area contributed by atoms with E-state index in [1.54, 1.807) is 0 Å². The molecule has 0 aromatic heterocycles. The number of rotatable bonds is 3. The van der Waals surface area contributed by atoms with Crippen LogP contribution in [-0.2, 0) is 6.42 Å². The van der Waals surface area contributed by atoms with Gasteiger partial charge in [-0.1, -0.05) is 31.2 Å². The van der Waals surface area contributed by atoms with Gasteiger partial charge in [0, 0.05) is 3.57 Å². The molecule has 0 aliphatic carbocycles. The first kappa shape index (κ1) is 9.78. The van der Waals surface area contributed by atoms with Gasteiger partial charge in [0.25, 0.3) is 0 Å². The van der Waals surface area contributed by atoms with Crippen LogP contribution in [0, 0.1) is 3.57 Å². The van der Waals surface area contributed by atoms with Crippen molar-refractivity contribution < 1.29 is 0 Å². The van der Waals surface area contributed by atoms with Gasteiger partial charge in [-0.3, -0.25) is 0 Å². The lowest BCUT2D eigenvalue weighted by Gasteiger charge is -1.95. The van der Waals surface area contributed by atoms with Gasteiger partial charge in [-0.2, -0.15) is 0 Å². The Morgan fingerprint density at radius 1 is 1.17 bits per heavy atom. The Morgan fingerprint density at radius 2 is 1.83 bits per heavy atom. The molecule has 1 heteroatoms. The van der Waals surface area contributed by atoms with Gasteiger partial charge in [0.05, 0.1) is 0 Å². The lowest BCUT2D eigenvalue weighted by molar-refractivity contribution is 1.18. The monoisotopic (exact) mass is 272 g/mol. The zero-order valence-corrected chi connectivity index (χ0v) is 9.41. The molecule has 0 fully saturated rings. The Hall–Kier alpha value is -0.310. The number of hydrogen-bond donors (Lipinski definition) is 0. The van der Waals surface area contributed by atoms with E-state index in [1.807, 2.05) is 0 Å². The first-order chi connectivity index (χ1) is 5.83. The van der Waals surface area contributed by atoms with Crippen molar-refractivity contribution in [3.8, 4) is 0 Å². The number of hydrogen-bond acceptors (Lipinski definition) is 0. The maximum absolute atomic E-state index is 2.32. The Balaban J connectivity index is 2.53. The summed E-state index contributed by atoms with van der Waals surface area (Å²) in [5, 5.41) is 0. The maximum atomic E-state index is 2.32. The molecule has 1 aromatic rings. The van der Waals surface area contributed by atoms with Crippen LogP contribution < -0.4 is 0 Å². The summed E-state index contributed by atoms with van der Waals surface area (Å²) < 4.78 is 1.30. The Bertz CT molecular complexity index is 246. The highest BCUT2D eigenvalue weighted by atomic mass is 127. The second kappa shape index (κ2) is 5.36. The predicted octanol–water partition coefficient (Wildman–Crippen LogP) is 3.80. The molecular weight excluding hydrogens is 259 g/mol. The molecule has 1 rings (SSSR count). The molecule has 0 aliphatic rings. The molecule has 0 N–H and O–H groups in total. The molecule has 12 heavy (non-hydrogen) atoms. The normalized spacial score (nSPS) is 10.8. The molecule has 0 unspecified atom stereocenters. The second-order valence-electron chi connectivity index (χ2n) is 2.71. The van der Waals surface area contributed by atoms with Crippen molar-refractivity contribution >= 4 is 22.6 Å².